The molecular weight excluding hydrogens is 260 g/mol. The van der Waals surface area contributed by atoms with Crippen LogP contribution in [0.2, 0.25) is 5.02 Å². The molecule has 1 heterocycles. The van der Waals surface area contributed by atoms with Gasteiger partial charge in [-0.15, -0.1) is 0 Å². The van der Waals surface area contributed by atoms with Gasteiger partial charge in [0.2, 0.25) is 0 Å². The Bertz CT molecular complexity index is 619. The summed E-state index contributed by atoms with van der Waals surface area (Å²) in [6.45, 7) is 0. The van der Waals surface area contributed by atoms with Crippen molar-refractivity contribution in [3.63, 3.8) is 0 Å². The largest absolute Gasteiger partial charge is 0.354 e. The van der Waals surface area contributed by atoms with E-state index in [0.29, 0.717) is 10.7 Å². The lowest BCUT2D eigenvalue weighted by atomic mass is 10.3. The number of aromatic nitrogens is 2. The molecule has 0 aliphatic rings. The Labute approximate surface area is 106 Å². The highest BCUT2D eigenvalue weighted by atomic mass is 35.5. The van der Waals surface area contributed by atoms with Crippen LogP contribution in [0.25, 0.3) is 5.69 Å². The number of carbonyl (C=O) groups excluding carboxylic acids is 1. The number of nitrogens with one attached hydrogen (secondary N) is 2. The average molecular weight is 269 g/mol. The number of benzene rings is 1. The number of amides is 1. The lowest BCUT2D eigenvalue weighted by Crippen LogP contribution is -2.27. The van der Waals surface area contributed by atoms with E-state index in [0.717, 1.165) is 11.7 Å². The van der Waals surface area contributed by atoms with Gasteiger partial charge < -0.3 is 5.32 Å². The maximum Gasteiger partial charge on any atom is 0.274 e. The highest BCUT2D eigenvalue weighted by Crippen LogP contribution is 2.19. The molecule has 0 aliphatic carbocycles. The van der Waals surface area contributed by atoms with Crippen molar-refractivity contribution in [2.75, 3.05) is 7.05 Å². The van der Waals surface area contributed by atoms with E-state index in [1.807, 2.05) is 6.07 Å². The Morgan fingerprint density at radius 1 is 1.53 bits per heavy atom. The number of rotatable bonds is 2. The number of para-hydroxylation sites is 1. The molecule has 2 rings (SSSR count). The molecule has 1 aromatic heterocycles. The third-order valence-electron chi connectivity index (χ3n) is 2.15. The van der Waals surface area contributed by atoms with Crippen LogP contribution in [0.3, 0.4) is 0 Å². The molecule has 1 amide bonds. The van der Waals surface area contributed by atoms with Crippen LogP contribution in [0.4, 0.5) is 0 Å². The molecule has 0 saturated carbocycles. The van der Waals surface area contributed by atoms with E-state index >= 15 is 0 Å². The smallest absolute Gasteiger partial charge is 0.274 e. The molecule has 0 fully saturated rings. The van der Waals surface area contributed by atoms with Crippen molar-refractivity contribution < 1.29 is 4.79 Å². The summed E-state index contributed by atoms with van der Waals surface area (Å²) in [5.74, 6) is -0.378. The zero-order chi connectivity index (χ0) is 12.4. The van der Waals surface area contributed by atoms with E-state index in [9.17, 15) is 4.79 Å². The van der Waals surface area contributed by atoms with Crippen LogP contribution in [-0.4, -0.2) is 21.3 Å². The zero-order valence-electron chi connectivity index (χ0n) is 8.90. The lowest BCUT2D eigenvalue weighted by molar-refractivity contribution is 0.0957. The molecule has 0 bridgehead atoms. The molecule has 0 unspecified atom stereocenters. The molecule has 5 nitrogen and oxygen atoms in total. The topological polar surface area (TPSA) is 70.8 Å². The standard InChI is InChI=1S/C10H9ClN4OS/c1-13-10(16)8-9(12)15(17-14-8)7-5-3-2-4-6(7)11/h2-5,12H,1H3,(H,13,16). The van der Waals surface area contributed by atoms with Crippen molar-refractivity contribution in [1.82, 2.24) is 13.6 Å². The van der Waals surface area contributed by atoms with Gasteiger partial charge in [0.25, 0.3) is 5.91 Å². The van der Waals surface area contributed by atoms with Crippen LogP contribution in [-0.2, 0) is 0 Å². The van der Waals surface area contributed by atoms with Crippen molar-refractivity contribution in [3.8, 4) is 5.69 Å². The molecule has 7 heteroatoms. The Balaban J connectivity index is 2.56. The first-order valence-corrected chi connectivity index (χ1v) is 5.86. The molecule has 0 radical (unpaired) electrons. The first-order valence-electron chi connectivity index (χ1n) is 4.76. The minimum atomic E-state index is -0.378. The quantitative estimate of drug-likeness (QED) is 0.865. The normalized spacial score (nSPS) is 10.2. The monoisotopic (exact) mass is 268 g/mol. The fraction of sp³-hybridized carbons (Fsp3) is 0.100. The minimum absolute atomic E-state index is 0.0300. The summed E-state index contributed by atoms with van der Waals surface area (Å²) in [5.41, 5.74) is 0.770. The summed E-state index contributed by atoms with van der Waals surface area (Å²) in [4.78, 5) is 11.4. The van der Waals surface area contributed by atoms with Gasteiger partial charge in [-0.05, 0) is 12.1 Å². The summed E-state index contributed by atoms with van der Waals surface area (Å²) >= 11 is 7.05. The van der Waals surface area contributed by atoms with Gasteiger partial charge in [0, 0.05) is 7.05 Å². The van der Waals surface area contributed by atoms with Crippen molar-refractivity contribution >= 4 is 29.2 Å². The Morgan fingerprint density at radius 2 is 2.24 bits per heavy atom. The van der Waals surface area contributed by atoms with Crippen LogP contribution in [0, 0.1) is 5.41 Å². The fourth-order valence-electron chi connectivity index (χ4n) is 1.31. The number of hydrogen-bond acceptors (Lipinski definition) is 4. The number of halogens is 1. The predicted molar refractivity (Wildman–Crippen MR) is 65.7 cm³/mol. The average Bonchev–Trinajstić information content (AvgIpc) is 2.71. The van der Waals surface area contributed by atoms with Gasteiger partial charge >= 0.3 is 0 Å². The van der Waals surface area contributed by atoms with Crippen molar-refractivity contribution in [3.05, 3.63) is 40.5 Å². The second-order valence-corrected chi connectivity index (χ2v) is 4.31. The lowest BCUT2D eigenvalue weighted by Gasteiger charge is -2.02. The molecule has 0 aliphatic heterocycles. The maximum atomic E-state index is 11.4. The summed E-state index contributed by atoms with van der Waals surface area (Å²) in [6, 6.07) is 7.11. The van der Waals surface area contributed by atoms with E-state index < -0.39 is 0 Å². The summed E-state index contributed by atoms with van der Waals surface area (Å²) in [6.07, 6.45) is 0. The SMILES string of the molecule is CNC(=O)c1nsn(-c2ccccc2Cl)c1=N. The second kappa shape index (κ2) is 4.68. The van der Waals surface area contributed by atoms with Gasteiger partial charge in [0.1, 0.15) is 0 Å². The third-order valence-corrected chi connectivity index (χ3v) is 3.28. The molecule has 0 atom stereocenters. The van der Waals surface area contributed by atoms with E-state index in [4.69, 9.17) is 17.0 Å². The van der Waals surface area contributed by atoms with Crippen LogP contribution in [0.15, 0.2) is 24.3 Å². The highest BCUT2D eigenvalue weighted by Gasteiger charge is 2.14. The van der Waals surface area contributed by atoms with Gasteiger partial charge in [-0.3, -0.25) is 10.2 Å². The summed E-state index contributed by atoms with van der Waals surface area (Å²) < 4.78 is 5.46. The third kappa shape index (κ3) is 2.09. The summed E-state index contributed by atoms with van der Waals surface area (Å²) in [5, 5.41) is 10.8. The van der Waals surface area contributed by atoms with E-state index in [-0.39, 0.29) is 17.1 Å². The first kappa shape index (κ1) is 11.8. The van der Waals surface area contributed by atoms with Gasteiger partial charge in [0.15, 0.2) is 11.2 Å². The van der Waals surface area contributed by atoms with Crippen molar-refractivity contribution in [1.29, 1.82) is 5.41 Å². The Hall–Kier alpha value is -1.66. The molecule has 17 heavy (non-hydrogen) atoms. The van der Waals surface area contributed by atoms with Crippen LogP contribution in [0.1, 0.15) is 10.5 Å². The molecule has 2 N–H and O–H groups in total. The minimum Gasteiger partial charge on any atom is -0.354 e. The van der Waals surface area contributed by atoms with Crippen molar-refractivity contribution in [2.45, 2.75) is 0 Å². The van der Waals surface area contributed by atoms with Gasteiger partial charge in [0.05, 0.1) is 22.4 Å². The van der Waals surface area contributed by atoms with Gasteiger partial charge in [-0.25, -0.2) is 3.96 Å². The van der Waals surface area contributed by atoms with Crippen LogP contribution >= 0.6 is 23.3 Å². The Kier molecular flexibility index (Phi) is 3.26. The molecular formula is C10H9ClN4OS. The first-order chi connectivity index (χ1) is 8.15. The molecule has 1 aromatic carbocycles. The number of hydrogen-bond donors (Lipinski definition) is 2. The Morgan fingerprint density at radius 3 is 2.88 bits per heavy atom. The van der Waals surface area contributed by atoms with Gasteiger partial charge in [-0.1, -0.05) is 23.7 Å². The highest BCUT2D eigenvalue weighted by molar-refractivity contribution is 7.00. The van der Waals surface area contributed by atoms with E-state index in [1.54, 1.807) is 18.2 Å². The molecule has 0 saturated heterocycles. The zero-order valence-corrected chi connectivity index (χ0v) is 10.5. The van der Waals surface area contributed by atoms with Crippen LogP contribution < -0.4 is 10.8 Å². The molecule has 0 spiro atoms. The number of nitrogens with zero attached hydrogens (tertiary/aromatic N) is 2. The van der Waals surface area contributed by atoms with Crippen molar-refractivity contribution in [2.24, 2.45) is 0 Å². The fourth-order valence-corrected chi connectivity index (χ4v) is 2.33. The number of carbonyl (C=O) groups is 1. The summed E-state index contributed by atoms with van der Waals surface area (Å²) in [7, 11) is 1.50. The van der Waals surface area contributed by atoms with Gasteiger partial charge in [-0.2, -0.15) is 4.37 Å². The second-order valence-electron chi connectivity index (χ2n) is 3.20. The predicted octanol–water partition coefficient (Wildman–Crippen LogP) is 1.43. The maximum absolute atomic E-state index is 11.4. The van der Waals surface area contributed by atoms with E-state index in [1.165, 1.54) is 11.0 Å². The molecule has 2 aromatic rings. The van der Waals surface area contributed by atoms with E-state index in [2.05, 4.69) is 9.69 Å². The molecule has 88 valence electrons. The van der Waals surface area contributed by atoms with Crippen LogP contribution in [0.5, 0.6) is 0 Å².